The quantitative estimate of drug-likeness (QED) is 0.599. The largest absolute Gasteiger partial charge is 0.383 e. The summed E-state index contributed by atoms with van der Waals surface area (Å²) in [6.45, 7) is 4.58. The predicted molar refractivity (Wildman–Crippen MR) is 59.7 cm³/mol. The van der Waals surface area contributed by atoms with Gasteiger partial charge in [0.25, 0.3) is 0 Å². The normalized spacial score (nSPS) is 11.1. The molecule has 0 atom stereocenters. The lowest BCUT2D eigenvalue weighted by Crippen LogP contribution is -2.30. The van der Waals surface area contributed by atoms with Crippen molar-refractivity contribution >= 4 is 0 Å². The van der Waals surface area contributed by atoms with E-state index in [1.165, 1.54) is 0 Å². The molecule has 0 spiro atoms. The first-order chi connectivity index (χ1) is 7.33. The number of nitrogens with zero attached hydrogens (tertiary/aromatic N) is 2. The van der Waals surface area contributed by atoms with Gasteiger partial charge in [-0.2, -0.15) is 0 Å². The Morgan fingerprint density at radius 3 is 3.07 bits per heavy atom. The summed E-state index contributed by atoms with van der Waals surface area (Å²) in [4.78, 5) is 9.31. The molecule has 0 bridgehead atoms. The average molecular weight is 212 g/mol. The molecule has 0 saturated heterocycles. The smallest absolute Gasteiger partial charge is 0.0922 e. The van der Waals surface area contributed by atoms with Crippen molar-refractivity contribution in [2.24, 2.45) is 0 Å². The summed E-state index contributed by atoms with van der Waals surface area (Å²) < 4.78 is 4.94. The van der Waals surface area contributed by atoms with Crippen molar-refractivity contribution in [3.63, 3.8) is 0 Å². The van der Waals surface area contributed by atoms with Crippen LogP contribution in [0.1, 0.15) is 5.69 Å². The van der Waals surface area contributed by atoms with Crippen LogP contribution in [0.3, 0.4) is 0 Å². The predicted octanol–water partition coefficient (Wildman–Crippen LogP) is 0.0775. The first kappa shape index (κ1) is 12.2. The summed E-state index contributed by atoms with van der Waals surface area (Å²) in [7, 11) is 3.81. The van der Waals surface area contributed by atoms with E-state index < -0.39 is 0 Å². The highest BCUT2D eigenvalue weighted by Crippen LogP contribution is 1.95. The second kappa shape index (κ2) is 7.39. The number of ether oxygens (including phenoxy) is 1. The van der Waals surface area contributed by atoms with Crippen LogP contribution < -0.4 is 5.32 Å². The Kier molecular flexibility index (Phi) is 5.99. The number of methoxy groups -OCH3 is 1. The molecule has 0 unspecified atom stereocenters. The Morgan fingerprint density at radius 1 is 1.53 bits per heavy atom. The number of rotatable bonds is 8. The third-order valence-corrected chi connectivity index (χ3v) is 2.15. The fraction of sp³-hybridized carbons (Fsp3) is 0.700. The van der Waals surface area contributed by atoms with Gasteiger partial charge in [0.1, 0.15) is 0 Å². The monoisotopic (exact) mass is 212 g/mol. The van der Waals surface area contributed by atoms with Crippen molar-refractivity contribution in [1.29, 1.82) is 0 Å². The van der Waals surface area contributed by atoms with Crippen molar-refractivity contribution in [2.75, 3.05) is 40.4 Å². The second-order valence-corrected chi connectivity index (χ2v) is 3.56. The Balaban J connectivity index is 2.01. The summed E-state index contributed by atoms with van der Waals surface area (Å²) in [5.74, 6) is 0. The number of imidazole rings is 1. The van der Waals surface area contributed by atoms with Crippen LogP contribution in [0.25, 0.3) is 0 Å². The first-order valence-electron chi connectivity index (χ1n) is 5.18. The number of hydrogen-bond acceptors (Lipinski definition) is 4. The van der Waals surface area contributed by atoms with Crippen LogP contribution >= 0.6 is 0 Å². The first-order valence-corrected chi connectivity index (χ1v) is 5.18. The number of nitrogens with one attached hydrogen (secondary N) is 2. The minimum atomic E-state index is 0.768. The van der Waals surface area contributed by atoms with Gasteiger partial charge < -0.3 is 15.0 Å². The van der Waals surface area contributed by atoms with Gasteiger partial charge in [-0.25, -0.2) is 4.98 Å². The van der Waals surface area contributed by atoms with Gasteiger partial charge >= 0.3 is 0 Å². The van der Waals surface area contributed by atoms with Crippen molar-refractivity contribution in [1.82, 2.24) is 20.2 Å². The van der Waals surface area contributed by atoms with Crippen molar-refractivity contribution in [2.45, 2.75) is 6.54 Å². The van der Waals surface area contributed by atoms with Crippen LogP contribution in [0.15, 0.2) is 12.5 Å². The number of H-pyrrole nitrogens is 1. The molecule has 0 fully saturated rings. The molecule has 0 aliphatic heterocycles. The number of hydrogen-bond donors (Lipinski definition) is 2. The highest BCUT2D eigenvalue weighted by Gasteiger charge is 2.00. The number of aromatic amines is 1. The van der Waals surface area contributed by atoms with Gasteiger partial charge in [0.05, 0.1) is 12.9 Å². The Morgan fingerprint density at radius 2 is 2.40 bits per heavy atom. The molecule has 15 heavy (non-hydrogen) atoms. The number of likely N-dealkylation sites (N-methyl/N-ethyl adjacent to an activating group) is 1. The lowest BCUT2D eigenvalue weighted by molar-refractivity contribution is 0.197. The molecule has 0 aliphatic carbocycles. The molecule has 0 amide bonds. The number of aromatic nitrogens is 2. The Hall–Kier alpha value is -0.910. The van der Waals surface area contributed by atoms with Crippen molar-refractivity contribution in [3.8, 4) is 0 Å². The van der Waals surface area contributed by atoms with Crippen LogP contribution in [0.2, 0.25) is 0 Å². The topological polar surface area (TPSA) is 53.2 Å². The molecule has 2 N–H and O–H groups in total. The second-order valence-electron chi connectivity index (χ2n) is 3.56. The van der Waals surface area contributed by atoms with E-state index in [9.17, 15) is 0 Å². The van der Waals surface area contributed by atoms with E-state index in [4.69, 9.17) is 4.74 Å². The van der Waals surface area contributed by atoms with Gasteiger partial charge in [-0.05, 0) is 7.05 Å². The SMILES string of the molecule is COCCNCCN(C)Cc1cnc[nH]1. The maximum Gasteiger partial charge on any atom is 0.0922 e. The van der Waals surface area contributed by atoms with Gasteiger partial charge in [0, 0.05) is 45.2 Å². The highest BCUT2D eigenvalue weighted by molar-refractivity contribution is 4.93. The molecule has 5 nitrogen and oxygen atoms in total. The molecule has 0 radical (unpaired) electrons. The lowest BCUT2D eigenvalue weighted by atomic mass is 10.4. The minimum absolute atomic E-state index is 0.768. The van der Waals surface area contributed by atoms with Crippen molar-refractivity contribution in [3.05, 3.63) is 18.2 Å². The van der Waals surface area contributed by atoms with Gasteiger partial charge in [-0.15, -0.1) is 0 Å². The van der Waals surface area contributed by atoms with Gasteiger partial charge in [-0.3, -0.25) is 4.90 Å². The van der Waals surface area contributed by atoms with Crippen LogP contribution in [0.4, 0.5) is 0 Å². The van der Waals surface area contributed by atoms with Gasteiger partial charge in [0.2, 0.25) is 0 Å². The van der Waals surface area contributed by atoms with E-state index in [-0.39, 0.29) is 0 Å². The maximum atomic E-state index is 4.94. The molecule has 1 aromatic heterocycles. The molecule has 1 heterocycles. The van der Waals surface area contributed by atoms with Crippen LogP contribution in [0.5, 0.6) is 0 Å². The van der Waals surface area contributed by atoms with Crippen molar-refractivity contribution < 1.29 is 4.74 Å². The van der Waals surface area contributed by atoms with Gasteiger partial charge in [-0.1, -0.05) is 0 Å². The minimum Gasteiger partial charge on any atom is -0.383 e. The Labute approximate surface area is 90.8 Å². The van der Waals surface area contributed by atoms with Gasteiger partial charge in [0.15, 0.2) is 0 Å². The van der Waals surface area contributed by atoms with Crippen LogP contribution in [-0.4, -0.2) is 55.3 Å². The van der Waals surface area contributed by atoms with E-state index in [0.717, 1.165) is 38.5 Å². The fourth-order valence-electron chi connectivity index (χ4n) is 1.31. The zero-order valence-electron chi connectivity index (χ0n) is 9.49. The zero-order chi connectivity index (χ0) is 10.9. The molecule has 1 aromatic rings. The lowest BCUT2D eigenvalue weighted by Gasteiger charge is -2.15. The zero-order valence-corrected chi connectivity index (χ0v) is 9.49. The molecule has 0 saturated carbocycles. The van der Waals surface area contributed by atoms with E-state index >= 15 is 0 Å². The molecule has 5 heteroatoms. The Bertz CT molecular complexity index is 238. The molecular weight excluding hydrogens is 192 g/mol. The molecule has 1 rings (SSSR count). The van der Waals surface area contributed by atoms with E-state index in [1.807, 2.05) is 6.20 Å². The third-order valence-electron chi connectivity index (χ3n) is 2.15. The molecule has 0 aliphatic rings. The third kappa shape index (κ3) is 5.51. The standard InChI is InChI=1S/C10H20N4O/c1-14(5-3-11-4-6-15-2)8-10-7-12-9-13-10/h7,9,11H,3-6,8H2,1-2H3,(H,12,13). The maximum absolute atomic E-state index is 4.94. The average Bonchev–Trinajstić information content (AvgIpc) is 2.70. The van der Waals surface area contributed by atoms with E-state index in [1.54, 1.807) is 13.4 Å². The molecular formula is C10H20N4O. The summed E-state index contributed by atoms with van der Waals surface area (Å²) in [5, 5.41) is 3.30. The summed E-state index contributed by atoms with van der Waals surface area (Å²) in [6, 6.07) is 0. The van der Waals surface area contributed by atoms with Crippen LogP contribution in [0, 0.1) is 0 Å². The summed E-state index contributed by atoms with van der Waals surface area (Å²) in [5.41, 5.74) is 1.15. The van der Waals surface area contributed by atoms with E-state index in [0.29, 0.717) is 0 Å². The summed E-state index contributed by atoms with van der Waals surface area (Å²) >= 11 is 0. The highest BCUT2D eigenvalue weighted by atomic mass is 16.5. The molecule has 0 aromatic carbocycles. The van der Waals surface area contributed by atoms with E-state index in [2.05, 4.69) is 27.2 Å². The van der Waals surface area contributed by atoms with Crippen LogP contribution in [-0.2, 0) is 11.3 Å². The molecule has 86 valence electrons. The fourth-order valence-corrected chi connectivity index (χ4v) is 1.31. The summed E-state index contributed by atoms with van der Waals surface area (Å²) in [6.07, 6.45) is 3.56.